The summed E-state index contributed by atoms with van der Waals surface area (Å²) >= 11 is 5.88. The molecule has 0 N–H and O–H groups in total. The molecular weight excluding hydrogens is 182 g/mol. The van der Waals surface area contributed by atoms with Crippen LogP contribution in [0, 0.1) is 17.2 Å². The maximum absolute atomic E-state index is 8.80. The van der Waals surface area contributed by atoms with Gasteiger partial charge in [-0.25, -0.2) is 0 Å². The van der Waals surface area contributed by atoms with Crippen molar-refractivity contribution in [3.63, 3.8) is 0 Å². The highest BCUT2D eigenvalue weighted by Gasteiger charge is 2.17. The molecule has 2 rings (SSSR count). The van der Waals surface area contributed by atoms with Crippen molar-refractivity contribution in [3.05, 3.63) is 34.3 Å². The van der Waals surface area contributed by atoms with Gasteiger partial charge in [-0.05, 0) is 42.5 Å². The number of fused-ring (bicyclic) bond motifs is 1. The average molecular weight is 192 g/mol. The fraction of sp³-hybridized carbons (Fsp3) is 0.364. The first-order valence-corrected chi connectivity index (χ1v) is 4.84. The third kappa shape index (κ3) is 1.68. The second kappa shape index (κ2) is 3.40. The summed E-state index contributed by atoms with van der Waals surface area (Å²) < 4.78 is 0. The summed E-state index contributed by atoms with van der Waals surface area (Å²) in [6.45, 7) is 0. The number of nitriles is 1. The van der Waals surface area contributed by atoms with Crippen LogP contribution in [0.25, 0.3) is 0 Å². The Morgan fingerprint density at radius 3 is 3.00 bits per heavy atom. The zero-order valence-corrected chi connectivity index (χ0v) is 8.01. The molecule has 13 heavy (non-hydrogen) atoms. The Morgan fingerprint density at radius 2 is 2.23 bits per heavy atom. The van der Waals surface area contributed by atoms with Gasteiger partial charge >= 0.3 is 0 Å². The number of aryl methyl sites for hydroxylation is 1. The highest BCUT2D eigenvalue weighted by Crippen LogP contribution is 2.27. The van der Waals surface area contributed by atoms with Crippen LogP contribution in [0.4, 0.5) is 0 Å². The standard InChI is InChI=1S/C11H10ClN/c12-11-4-3-9-2-1-8(7-13)5-10(9)6-11/h3-4,6,8H,1-2,5H2. The van der Waals surface area contributed by atoms with E-state index in [1.54, 1.807) is 0 Å². The van der Waals surface area contributed by atoms with E-state index in [1.807, 2.05) is 12.1 Å². The molecule has 1 aromatic carbocycles. The molecule has 66 valence electrons. The summed E-state index contributed by atoms with van der Waals surface area (Å²) in [7, 11) is 0. The Balaban J connectivity index is 2.34. The lowest BCUT2D eigenvalue weighted by molar-refractivity contribution is 0.564. The maximum Gasteiger partial charge on any atom is 0.0659 e. The molecule has 0 radical (unpaired) electrons. The van der Waals surface area contributed by atoms with Crippen molar-refractivity contribution < 1.29 is 0 Å². The highest BCUT2D eigenvalue weighted by molar-refractivity contribution is 6.30. The van der Waals surface area contributed by atoms with Crippen molar-refractivity contribution in [1.82, 2.24) is 0 Å². The van der Waals surface area contributed by atoms with Crippen LogP contribution in [-0.2, 0) is 12.8 Å². The minimum absolute atomic E-state index is 0.186. The van der Waals surface area contributed by atoms with Crippen LogP contribution in [0.5, 0.6) is 0 Å². The molecule has 0 heterocycles. The van der Waals surface area contributed by atoms with Gasteiger partial charge in [0, 0.05) is 5.02 Å². The predicted octanol–water partition coefficient (Wildman–Crippen LogP) is 2.97. The molecule has 0 spiro atoms. The first-order valence-electron chi connectivity index (χ1n) is 4.46. The van der Waals surface area contributed by atoms with E-state index in [-0.39, 0.29) is 5.92 Å². The molecule has 0 saturated heterocycles. The number of nitrogens with zero attached hydrogens (tertiary/aromatic N) is 1. The van der Waals surface area contributed by atoms with Crippen molar-refractivity contribution in [2.45, 2.75) is 19.3 Å². The zero-order chi connectivity index (χ0) is 9.26. The number of benzene rings is 1. The van der Waals surface area contributed by atoms with Crippen LogP contribution in [0.15, 0.2) is 18.2 Å². The first-order chi connectivity index (χ1) is 6.29. The number of hydrogen-bond donors (Lipinski definition) is 0. The predicted molar refractivity (Wildman–Crippen MR) is 52.6 cm³/mol. The summed E-state index contributed by atoms with van der Waals surface area (Å²) in [6, 6.07) is 8.31. The Bertz CT molecular complexity index is 365. The molecule has 1 aliphatic carbocycles. The molecule has 0 aromatic heterocycles. The van der Waals surface area contributed by atoms with Crippen LogP contribution in [-0.4, -0.2) is 0 Å². The van der Waals surface area contributed by atoms with Gasteiger partial charge in [-0.3, -0.25) is 0 Å². The number of halogens is 1. The Morgan fingerprint density at radius 1 is 1.38 bits per heavy atom. The van der Waals surface area contributed by atoms with E-state index in [0.29, 0.717) is 0 Å². The fourth-order valence-corrected chi connectivity index (χ4v) is 2.03. The molecule has 2 heteroatoms. The minimum atomic E-state index is 0.186. The summed E-state index contributed by atoms with van der Waals surface area (Å²) in [4.78, 5) is 0. The van der Waals surface area contributed by atoms with Crippen LogP contribution < -0.4 is 0 Å². The summed E-state index contributed by atoms with van der Waals surface area (Å²) in [5, 5.41) is 9.58. The van der Waals surface area contributed by atoms with Crippen LogP contribution in [0.2, 0.25) is 5.02 Å². The number of hydrogen-bond acceptors (Lipinski definition) is 1. The molecule has 0 fully saturated rings. The molecule has 1 unspecified atom stereocenters. The molecule has 1 aliphatic rings. The van der Waals surface area contributed by atoms with Gasteiger partial charge in [0.2, 0.25) is 0 Å². The fourth-order valence-electron chi connectivity index (χ4n) is 1.84. The van der Waals surface area contributed by atoms with Gasteiger partial charge in [-0.1, -0.05) is 17.7 Å². The van der Waals surface area contributed by atoms with E-state index in [0.717, 1.165) is 24.3 Å². The Hall–Kier alpha value is -1.00. The lowest BCUT2D eigenvalue weighted by Gasteiger charge is -2.19. The summed E-state index contributed by atoms with van der Waals surface area (Å²) in [5.74, 6) is 0.186. The van der Waals surface area contributed by atoms with Crippen molar-refractivity contribution in [3.8, 4) is 6.07 Å². The van der Waals surface area contributed by atoms with Gasteiger partial charge < -0.3 is 0 Å². The van der Waals surface area contributed by atoms with Crippen LogP contribution in [0.3, 0.4) is 0 Å². The van der Waals surface area contributed by atoms with E-state index in [4.69, 9.17) is 16.9 Å². The smallest absolute Gasteiger partial charge is 0.0659 e. The van der Waals surface area contributed by atoms with Crippen LogP contribution >= 0.6 is 11.6 Å². The molecular formula is C11H10ClN. The number of rotatable bonds is 0. The Labute approximate surface area is 82.9 Å². The molecule has 0 saturated carbocycles. The first kappa shape index (κ1) is 8.59. The third-order valence-corrected chi connectivity index (χ3v) is 2.81. The topological polar surface area (TPSA) is 23.8 Å². The monoisotopic (exact) mass is 191 g/mol. The van der Waals surface area contributed by atoms with Gasteiger partial charge in [0.1, 0.15) is 0 Å². The minimum Gasteiger partial charge on any atom is -0.198 e. The molecule has 1 atom stereocenters. The largest absolute Gasteiger partial charge is 0.198 e. The van der Waals surface area contributed by atoms with Gasteiger partial charge in [-0.15, -0.1) is 0 Å². The van der Waals surface area contributed by atoms with Crippen molar-refractivity contribution in [2.75, 3.05) is 0 Å². The zero-order valence-electron chi connectivity index (χ0n) is 7.26. The van der Waals surface area contributed by atoms with Crippen molar-refractivity contribution in [2.24, 2.45) is 5.92 Å². The molecule has 1 nitrogen and oxygen atoms in total. The quantitative estimate of drug-likeness (QED) is 0.619. The third-order valence-electron chi connectivity index (χ3n) is 2.58. The van der Waals surface area contributed by atoms with Crippen molar-refractivity contribution in [1.29, 1.82) is 5.26 Å². The maximum atomic E-state index is 8.80. The highest BCUT2D eigenvalue weighted by atomic mass is 35.5. The lowest BCUT2D eigenvalue weighted by Crippen LogP contribution is -2.12. The molecule has 0 amide bonds. The normalized spacial score (nSPS) is 20.5. The molecule has 0 bridgehead atoms. The van der Waals surface area contributed by atoms with E-state index in [9.17, 15) is 0 Å². The van der Waals surface area contributed by atoms with E-state index >= 15 is 0 Å². The summed E-state index contributed by atoms with van der Waals surface area (Å²) in [5.41, 5.74) is 2.61. The lowest BCUT2D eigenvalue weighted by atomic mass is 9.85. The average Bonchev–Trinajstić information content (AvgIpc) is 2.16. The second-order valence-electron chi connectivity index (χ2n) is 3.48. The Kier molecular flexibility index (Phi) is 2.24. The van der Waals surface area contributed by atoms with Gasteiger partial charge in [0.05, 0.1) is 12.0 Å². The SMILES string of the molecule is N#CC1CCc2ccc(Cl)cc2C1. The van der Waals surface area contributed by atoms with Crippen molar-refractivity contribution >= 4 is 11.6 Å². The van der Waals surface area contributed by atoms with Crippen LogP contribution in [0.1, 0.15) is 17.5 Å². The second-order valence-corrected chi connectivity index (χ2v) is 3.92. The van der Waals surface area contributed by atoms with Gasteiger partial charge in [0.25, 0.3) is 0 Å². The van der Waals surface area contributed by atoms with E-state index in [1.165, 1.54) is 11.1 Å². The molecule has 1 aromatic rings. The molecule has 0 aliphatic heterocycles. The van der Waals surface area contributed by atoms with E-state index < -0.39 is 0 Å². The summed E-state index contributed by atoms with van der Waals surface area (Å²) in [6.07, 6.45) is 2.88. The van der Waals surface area contributed by atoms with E-state index in [2.05, 4.69) is 12.1 Å². The van der Waals surface area contributed by atoms with Gasteiger partial charge in [-0.2, -0.15) is 5.26 Å². The van der Waals surface area contributed by atoms with Gasteiger partial charge in [0.15, 0.2) is 0 Å².